The van der Waals surface area contributed by atoms with Crippen LogP contribution in [0.4, 0.5) is 18.0 Å². The predicted octanol–water partition coefficient (Wildman–Crippen LogP) is 5.01. The lowest BCUT2D eigenvalue weighted by Gasteiger charge is -2.20. The topological polar surface area (TPSA) is 59.0 Å². The number of nitrogens with one attached hydrogen (secondary N) is 2. The molecule has 8 heteroatoms. The molecule has 29 heavy (non-hydrogen) atoms. The van der Waals surface area contributed by atoms with Gasteiger partial charge in [-0.1, -0.05) is 24.3 Å². The fourth-order valence-corrected chi connectivity index (χ4v) is 2.93. The van der Waals surface area contributed by atoms with Gasteiger partial charge in [-0.3, -0.25) is 0 Å². The van der Waals surface area contributed by atoms with Crippen LogP contribution >= 0.6 is 0 Å². The van der Waals surface area contributed by atoms with E-state index in [4.69, 9.17) is 0 Å². The normalized spacial score (nSPS) is 13.6. The monoisotopic (exact) mass is 402 g/mol. The molecule has 0 aliphatic heterocycles. The summed E-state index contributed by atoms with van der Waals surface area (Å²) in [7, 11) is 0. The average Bonchev–Trinajstić information content (AvgIpc) is 3.22. The smallest absolute Gasteiger partial charge is 0.332 e. The number of amides is 2. The third-order valence-electron chi connectivity index (χ3n) is 4.60. The van der Waals surface area contributed by atoms with Crippen LogP contribution in [0.15, 0.2) is 67.3 Å². The summed E-state index contributed by atoms with van der Waals surface area (Å²) in [5, 5.41) is 5.48. The minimum absolute atomic E-state index is 0.277. The van der Waals surface area contributed by atoms with Crippen LogP contribution in [-0.4, -0.2) is 15.6 Å². The summed E-state index contributed by atoms with van der Waals surface area (Å²) < 4.78 is 40.5. The lowest BCUT2D eigenvalue weighted by molar-refractivity contribution is -0.137. The molecule has 3 aromatic rings. The molecule has 0 bridgehead atoms. The maximum atomic E-state index is 12.9. The van der Waals surface area contributed by atoms with Crippen molar-refractivity contribution in [1.82, 2.24) is 20.2 Å². The molecule has 0 aliphatic rings. The second-order valence-corrected chi connectivity index (χ2v) is 6.75. The summed E-state index contributed by atoms with van der Waals surface area (Å²) in [6.45, 7) is 3.47. The first kappa shape index (κ1) is 20.4. The summed E-state index contributed by atoms with van der Waals surface area (Å²) in [5.41, 5.74) is 1.49. The molecule has 2 atom stereocenters. The van der Waals surface area contributed by atoms with Crippen LogP contribution in [0.2, 0.25) is 0 Å². The fraction of sp³-hybridized carbons (Fsp3) is 0.238. The minimum Gasteiger partial charge on any atom is -0.332 e. The van der Waals surface area contributed by atoms with E-state index in [-0.39, 0.29) is 6.04 Å². The Morgan fingerprint density at radius 2 is 1.66 bits per heavy atom. The van der Waals surface area contributed by atoms with Crippen molar-refractivity contribution in [3.63, 3.8) is 0 Å². The maximum absolute atomic E-state index is 12.9. The van der Waals surface area contributed by atoms with E-state index in [1.807, 2.05) is 42.0 Å². The zero-order valence-corrected chi connectivity index (χ0v) is 15.9. The van der Waals surface area contributed by atoms with Crippen LogP contribution in [0, 0.1) is 0 Å². The van der Waals surface area contributed by atoms with E-state index >= 15 is 0 Å². The SMILES string of the molecule is CC(NC(=O)NC(C)c1cccc(C(F)(F)F)c1)c1ccc(-n2ccnc2)cc1. The Bertz CT molecular complexity index is 953. The van der Waals surface area contributed by atoms with E-state index in [2.05, 4.69) is 15.6 Å². The highest BCUT2D eigenvalue weighted by molar-refractivity contribution is 5.75. The highest BCUT2D eigenvalue weighted by Crippen LogP contribution is 2.30. The minimum atomic E-state index is -4.42. The Morgan fingerprint density at radius 3 is 2.24 bits per heavy atom. The number of alkyl halides is 3. The summed E-state index contributed by atoms with van der Waals surface area (Å²) >= 11 is 0. The van der Waals surface area contributed by atoms with E-state index in [0.717, 1.165) is 23.4 Å². The molecule has 0 fully saturated rings. The Labute approximate surface area is 166 Å². The van der Waals surface area contributed by atoms with Gasteiger partial charge in [0.1, 0.15) is 0 Å². The number of urea groups is 1. The van der Waals surface area contributed by atoms with Crippen molar-refractivity contribution in [2.45, 2.75) is 32.1 Å². The second kappa shape index (κ2) is 8.38. The van der Waals surface area contributed by atoms with Crippen molar-refractivity contribution in [2.75, 3.05) is 0 Å². The van der Waals surface area contributed by atoms with Gasteiger partial charge < -0.3 is 15.2 Å². The maximum Gasteiger partial charge on any atom is 0.416 e. The lowest BCUT2D eigenvalue weighted by atomic mass is 10.0. The van der Waals surface area contributed by atoms with Crippen molar-refractivity contribution < 1.29 is 18.0 Å². The molecule has 2 unspecified atom stereocenters. The number of hydrogen-bond donors (Lipinski definition) is 2. The quantitative estimate of drug-likeness (QED) is 0.630. The van der Waals surface area contributed by atoms with Gasteiger partial charge in [0.25, 0.3) is 0 Å². The van der Waals surface area contributed by atoms with Gasteiger partial charge in [0.15, 0.2) is 0 Å². The van der Waals surface area contributed by atoms with Crippen molar-refractivity contribution in [1.29, 1.82) is 0 Å². The van der Waals surface area contributed by atoms with Crippen LogP contribution in [0.3, 0.4) is 0 Å². The van der Waals surface area contributed by atoms with Crippen molar-refractivity contribution >= 4 is 6.03 Å². The largest absolute Gasteiger partial charge is 0.416 e. The molecule has 3 rings (SSSR count). The molecule has 0 aliphatic carbocycles. The Hall–Kier alpha value is -3.29. The van der Waals surface area contributed by atoms with Crippen LogP contribution in [0.25, 0.3) is 5.69 Å². The first-order valence-corrected chi connectivity index (χ1v) is 9.06. The standard InChI is InChI=1S/C21H21F3N4O/c1-14(16-6-8-19(9-7-16)28-11-10-25-13-28)26-20(29)27-15(2)17-4-3-5-18(12-17)21(22,23)24/h3-15H,1-2H3,(H2,26,27,29). The third kappa shape index (κ3) is 5.16. The summed E-state index contributed by atoms with van der Waals surface area (Å²) in [6, 6.07) is 11.3. The summed E-state index contributed by atoms with van der Waals surface area (Å²) in [6.07, 6.45) is 0.794. The molecule has 152 valence electrons. The number of rotatable bonds is 5. The van der Waals surface area contributed by atoms with Crippen LogP contribution in [0.1, 0.15) is 42.6 Å². The molecule has 2 N–H and O–H groups in total. The number of hydrogen-bond acceptors (Lipinski definition) is 2. The highest BCUT2D eigenvalue weighted by Gasteiger charge is 2.30. The lowest BCUT2D eigenvalue weighted by Crippen LogP contribution is -2.38. The number of carbonyl (C=O) groups is 1. The van der Waals surface area contributed by atoms with Gasteiger partial charge in [0.05, 0.1) is 24.0 Å². The fourth-order valence-electron chi connectivity index (χ4n) is 2.93. The molecular weight excluding hydrogens is 381 g/mol. The Kier molecular flexibility index (Phi) is 5.91. The molecule has 1 heterocycles. The van der Waals surface area contributed by atoms with Gasteiger partial charge in [-0.2, -0.15) is 13.2 Å². The van der Waals surface area contributed by atoms with Gasteiger partial charge in [-0.05, 0) is 49.2 Å². The Morgan fingerprint density at radius 1 is 1.00 bits per heavy atom. The van der Waals surface area contributed by atoms with Gasteiger partial charge in [0.2, 0.25) is 0 Å². The first-order chi connectivity index (χ1) is 13.7. The molecule has 2 aromatic carbocycles. The molecular formula is C21H21F3N4O. The molecule has 0 radical (unpaired) electrons. The van der Waals surface area contributed by atoms with Crippen molar-refractivity contribution in [2.24, 2.45) is 0 Å². The average molecular weight is 402 g/mol. The number of nitrogens with zero attached hydrogens (tertiary/aromatic N) is 2. The zero-order chi connectivity index (χ0) is 21.0. The Balaban J connectivity index is 1.60. The van der Waals surface area contributed by atoms with E-state index in [1.165, 1.54) is 6.07 Å². The van der Waals surface area contributed by atoms with Gasteiger partial charge in [0, 0.05) is 18.1 Å². The number of halogens is 3. The zero-order valence-electron chi connectivity index (χ0n) is 15.9. The van der Waals surface area contributed by atoms with Crippen molar-refractivity contribution in [3.05, 3.63) is 83.9 Å². The number of imidazole rings is 1. The van der Waals surface area contributed by atoms with E-state index in [9.17, 15) is 18.0 Å². The van der Waals surface area contributed by atoms with Crippen LogP contribution in [-0.2, 0) is 6.18 Å². The van der Waals surface area contributed by atoms with Gasteiger partial charge in [-0.15, -0.1) is 0 Å². The van der Waals surface area contributed by atoms with Crippen LogP contribution in [0.5, 0.6) is 0 Å². The number of benzene rings is 2. The first-order valence-electron chi connectivity index (χ1n) is 9.06. The van der Waals surface area contributed by atoms with E-state index < -0.39 is 23.8 Å². The van der Waals surface area contributed by atoms with Gasteiger partial charge >= 0.3 is 12.2 Å². The number of aromatic nitrogens is 2. The summed E-state index contributed by atoms with van der Waals surface area (Å²) in [5.74, 6) is 0. The van der Waals surface area contributed by atoms with E-state index in [1.54, 1.807) is 25.5 Å². The predicted molar refractivity (Wildman–Crippen MR) is 104 cm³/mol. The molecule has 2 amide bonds. The molecule has 5 nitrogen and oxygen atoms in total. The van der Waals surface area contributed by atoms with Crippen molar-refractivity contribution in [3.8, 4) is 5.69 Å². The van der Waals surface area contributed by atoms with Crippen LogP contribution < -0.4 is 10.6 Å². The number of carbonyl (C=O) groups excluding carboxylic acids is 1. The summed E-state index contributed by atoms with van der Waals surface area (Å²) in [4.78, 5) is 16.3. The molecule has 0 saturated carbocycles. The second-order valence-electron chi connectivity index (χ2n) is 6.75. The molecule has 0 spiro atoms. The van der Waals surface area contributed by atoms with Gasteiger partial charge in [-0.25, -0.2) is 9.78 Å². The highest BCUT2D eigenvalue weighted by atomic mass is 19.4. The molecule has 0 saturated heterocycles. The van der Waals surface area contributed by atoms with E-state index in [0.29, 0.717) is 5.56 Å². The molecule has 1 aromatic heterocycles. The third-order valence-corrected chi connectivity index (χ3v) is 4.60.